The molecule has 1 fully saturated rings. The Kier molecular flexibility index (Phi) is 3.98. The lowest BCUT2D eigenvalue weighted by Crippen LogP contribution is -2.24. The lowest BCUT2D eigenvalue weighted by molar-refractivity contribution is 0.194. The Morgan fingerprint density at radius 2 is 2.06 bits per heavy atom. The van der Waals surface area contributed by atoms with E-state index < -0.39 is 0 Å². The maximum atomic E-state index is 4.45. The van der Waals surface area contributed by atoms with Gasteiger partial charge >= 0.3 is 0 Å². The summed E-state index contributed by atoms with van der Waals surface area (Å²) in [7, 11) is 0. The summed E-state index contributed by atoms with van der Waals surface area (Å²) in [6.07, 6.45) is 9.24. The Hall–Kier alpha value is -0.990. The van der Waals surface area contributed by atoms with Crippen molar-refractivity contribution in [3.05, 3.63) is 12.4 Å². The number of nitrogens with zero attached hydrogens (tertiary/aromatic N) is 2. The standard InChI is InChI=1S/C15H27N3/c1-12(2)11-17-14-16-9-10-18(14)13-5-7-15(3,4)8-6-13/h9-10,12-13H,5-8,11H2,1-4H3,(H,16,17). The van der Waals surface area contributed by atoms with Crippen LogP contribution in [0.15, 0.2) is 12.4 Å². The summed E-state index contributed by atoms with van der Waals surface area (Å²) in [5.74, 6) is 1.70. The summed E-state index contributed by atoms with van der Waals surface area (Å²) < 4.78 is 2.34. The van der Waals surface area contributed by atoms with Gasteiger partial charge in [0.15, 0.2) is 0 Å². The van der Waals surface area contributed by atoms with E-state index in [1.807, 2.05) is 6.20 Å². The zero-order chi connectivity index (χ0) is 13.2. The highest BCUT2D eigenvalue weighted by Gasteiger charge is 2.28. The Bertz CT molecular complexity index is 369. The van der Waals surface area contributed by atoms with Crippen molar-refractivity contribution in [2.75, 3.05) is 11.9 Å². The van der Waals surface area contributed by atoms with Crippen LogP contribution in [-0.2, 0) is 0 Å². The van der Waals surface area contributed by atoms with Gasteiger partial charge in [-0.15, -0.1) is 0 Å². The molecule has 1 aromatic heterocycles. The van der Waals surface area contributed by atoms with E-state index in [0.717, 1.165) is 12.5 Å². The van der Waals surface area contributed by atoms with E-state index in [2.05, 4.69) is 48.8 Å². The molecule has 3 nitrogen and oxygen atoms in total. The third-order valence-corrected chi connectivity index (χ3v) is 4.04. The highest BCUT2D eigenvalue weighted by molar-refractivity contribution is 5.26. The van der Waals surface area contributed by atoms with E-state index >= 15 is 0 Å². The van der Waals surface area contributed by atoms with Gasteiger partial charge in [0.2, 0.25) is 5.95 Å². The molecule has 18 heavy (non-hydrogen) atoms. The minimum Gasteiger partial charge on any atom is -0.355 e. The fourth-order valence-corrected chi connectivity index (χ4v) is 2.70. The first kappa shape index (κ1) is 13.4. The zero-order valence-corrected chi connectivity index (χ0v) is 12.2. The van der Waals surface area contributed by atoms with Crippen molar-refractivity contribution < 1.29 is 0 Å². The molecule has 1 heterocycles. The highest BCUT2D eigenvalue weighted by Crippen LogP contribution is 2.40. The molecule has 0 unspecified atom stereocenters. The molecule has 1 saturated carbocycles. The van der Waals surface area contributed by atoms with Crippen molar-refractivity contribution in [1.29, 1.82) is 0 Å². The van der Waals surface area contributed by atoms with Gasteiger partial charge in [0.05, 0.1) is 0 Å². The molecule has 3 heteroatoms. The van der Waals surface area contributed by atoms with Crippen molar-refractivity contribution >= 4 is 5.95 Å². The molecule has 0 aromatic carbocycles. The molecule has 0 radical (unpaired) electrons. The molecule has 0 spiro atoms. The Balaban J connectivity index is 1.99. The van der Waals surface area contributed by atoms with E-state index in [-0.39, 0.29) is 0 Å². The quantitative estimate of drug-likeness (QED) is 0.871. The molecular weight excluding hydrogens is 222 g/mol. The van der Waals surface area contributed by atoms with E-state index in [9.17, 15) is 0 Å². The lowest BCUT2D eigenvalue weighted by atomic mass is 9.75. The summed E-state index contributed by atoms with van der Waals surface area (Å²) in [4.78, 5) is 4.45. The Labute approximate surface area is 111 Å². The predicted molar refractivity (Wildman–Crippen MR) is 76.8 cm³/mol. The average Bonchev–Trinajstić information content (AvgIpc) is 2.74. The zero-order valence-electron chi connectivity index (χ0n) is 12.2. The van der Waals surface area contributed by atoms with Crippen LogP contribution in [0.5, 0.6) is 0 Å². The van der Waals surface area contributed by atoms with Gasteiger partial charge < -0.3 is 9.88 Å². The molecule has 1 aromatic rings. The van der Waals surface area contributed by atoms with Gasteiger partial charge in [-0.3, -0.25) is 0 Å². The first-order valence-corrected chi connectivity index (χ1v) is 7.25. The number of aromatic nitrogens is 2. The van der Waals surface area contributed by atoms with Gasteiger partial charge in [0, 0.05) is 25.0 Å². The summed E-state index contributed by atoms with van der Waals surface area (Å²) in [6, 6.07) is 0.634. The van der Waals surface area contributed by atoms with Gasteiger partial charge in [0.25, 0.3) is 0 Å². The number of anilines is 1. The van der Waals surface area contributed by atoms with Crippen LogP contribution in [-0.4, -0.2) is 16.1 Å². The van der Waals surface area contributed by atoms with Crippen molar-refractivity contribution in [2.45, 2.75) is 59.4 Å². The van der Waals surface area contributed by atoms with Crippen LogP contribution in [0, 0.1) is 11.3 Å². The molecule has 1 N–H and O–H groups in total. The van der Waals surface area contributed by atoms with Crippen LogP contribution in [0.3, 0.4) is 0 Å². The molecule has 1 aliphatic carbocycles. The van der Waals surface area contributed by atoms with E-state index in [4.69, 9.17) is 0 Å². The Morgan fingerprint density at radius 1 is 1.39 bits per heavy atom. The smallest absolute Gasteiger partial charge is 0.203 e. The van der Waals surface area contributed by atoms with Gasteiger partial charge in [-0.05, 0) is 37.0 Å². The van der Waals surface area contributed by atoms with Gasteiger partial charge in [-0.2, -0.15) is 0 Å². The summed E-state index contributed by atoms with van der Waals surface area (Å²) >= 11 is 0. The molecule has 1 aliphatic rings. The number of imidazole rings is 1. The second-order valence-corrected chi connectivity index (χ2v) is 6.83. The van der Waals surface area contributed by atoms with Crippen LogP contribution < -0.4 is 5.32 Å². The first-order chi connectivity index (χ1) is 8.48. The molecule has 0 aliphatic heterocycles. The van der Waals surface area contributed by atoms with Crippen molar-refractivity contribution in [3.63, 3.8) is 0 Å². The van der Waals surface area contributed by atoms with Crippen LogP contribution >= 0.6 is 0 Å². The monoisotopic (exact) mass is 249 g/mol. The van der Waals surface area contributed by atoms with E-state index in [0.29, 0.717) is 17.4 Å². The van der Waals surface area contributed by atoms with Crippen LogP contribution in [0.1, 0.15) is 59.4 Å². The van der Waals surface area contributed by atoms with Gasteiger partial charge in [-0.1, -0.05) is 27.7 Å². The molecule has 0 atom stereocenters. The number of rotatable bonds is 4. The fraction of sp³-hybridized carbons (Fsp3) is 0.800. The number of hydrogen-bond donors (Lipinski definition) is 1. The number of nitrogens with one attached hydrogen (secondary N) is 1. The minimum absolute atomic E-state index is 0.530. The first-order valence-electron chi connectivity index (χ1n) is 7.25. The van der Waals surface area contributed by atoms with Crippen LogP contribution in [0.25, 0.3) is 0 Å². The largest absolute Gasteiger partial charge is 0.355 e. The third kappa shape index (κ3) is 3.27. The van der Waals surface area contributed by atoms with Crippen LogP contribution in [0.4, 0.5) is 5.95 Å². The second kappa shape index (κ2) is 5.33. The molecule has 102 valence electrons. The summed E-state index contributed by atoms with van der Waals surface area (Å²) in [6.45, 7) is 10.2. The normalized spacial score (nSPS) is 20.3. The number of hydrogen-bond acceptors (Lipinski definition) is 2. The van der Waals surface area contributed by atoms with Gasteiger partial charge in [0.1, 0.15) is 0 Å². The Morgan fingerprint density at radius 3 is 2.67 bits per heavy atom. The lowest BCUT2D eigenvalue weighted by Gasteiger charge is -2.35. The SMILES string of the molecule is CC(C)CNc1nccn1C1CCC(C)(C)CC1. The summed E-state index contributed by atoms with van der Waals surface area (Å²) in [5.41, 5.74) is 0.530. The van der Waals surface area contributed by atoms with Crippen molar-refractivity contribution in [2.24, 2.45) is 11.3 Å². The molecule has 0 amide bonds. The average molecular weight is 249 g/mol. The molecule has 2 rings (SSSR count). The van der Waals surface area contributed by atoms with E-state index in [1.54, 1.807) is 0 Å². The van der Waals surface area contributed by atoms with E-state index in [1.165, 1.54) is 25.7 Å². The third-order valence-electron chi connectivity index (χ3n) is 4.04. The molecular formula is C15H27N3. The topological polar surface area (TPSA) is 29.9 Å². The van der Waals surface area contributed by atoms with Crippen LogP contribution in [0.2, 0.25) is 0 Å². The summed E-state index contributed by atoms with van der Waals surface area (Å²) in [5, 5.41) is 3.46. The maximum absolute atomic E-state index is 4.45. The van der Waals surface area contributed by atoms with Crippen molar-refractivity contribution in [3.8, 4) is 0 Å². The molecule has 0 saturated heterocycles. The minimum atomic E-state index is 0.530. The highest BCUT2D eigenvalue weighted by atomic mass is 15.2. The molecule has 0 bridgehead atoms. The maximum Gasteiger partial charge on any atom is 0.203 e. The second-order valence-electron chi connectivity index (χ2n) is 6.83. The van der Waals surface area contributed by atoms with Crippen molar-refractivity contribution in [1.82, 2.24) is 9.55 Å². The fourth-order valence-electron chi connectivity index (χ4n) is 2.70. The van der Waals surface area contributed by atoms with Gasteiger partial charge in [-0.25, -0.2) is 4.98 Å². The predicted octanol–water partition coefficient (Wildman–Crippen LogP) is 4.09.